The van der Waals surface area contributed by atoms with Crippen LogP contribution in [0.5, 0.6) is 0 Å². The number of fused-ring (bicyclic) bond motifs is 7. The van der Waals surface area contributed by atoms with Crippen LogP contribution >= 0.6 is 0 Å². The number of ether oxygens (including phenoxy) is 1. The van der Waals surface area contributed by atoms with E-state index in [1.54, 1.807) is 13.8 Å². The standard InChI is InChI=1S/C45H66N2O6/c1-27(2)36-29(48)24-44(33(49)26-47-45(21-22-45)32-12-10-11-23-46-32)20-19-42(8)28(37(36)44)13-14-31-41(7)17-16-34(53-35(50)25-39(3,4)38(51)52)40(5,6)30(41)15-18-43(31,42)9/h10-12,23,27-28,30-31,33-34,47,49H,13-22,24-26H2,1-9H3,(H,51,52)/t28-,30+,31-,33+,34+,41+,42-,43-,44+/m1/s1. The number of nitrogens with one attached hydrogen (secondary N) is 1. The number of carbonyl (C=O) groups is 3. The summed E-state index contributed by atoms with van der Waals surface area (Å²) < 4.78 is 6.18. The second-order valence-electron chi connectivity index (χ2n) is 20.8. The number of nitrogens with zero attached hydrogens (tertiary/aromatic N) is 1. The van der Waals surface area contributed by atoms with E-state index in [9.17, 15) is 24.6 Å². The zero-order valence-electron chi connectivity index (χ0n) is 33.9. The number of ketones is 1. The third-order valence-electron chi connectivity index (χ3n) is 17.0. The Balaban J connectivity index is 1.15. The van der Waals surface area contributed by atoms with Gasteiger partial charge < -0.3 is 20.3 Å². The van der Waals surface area contributed by atoms with Gasteiger partial charge in [0.25, 0.3) is 0 Å². The molecule has 3 N–H and O–H groups in total. The fraction of sp³-hybridized carbons (Fsp3) is 0.778. The van der Waals surface area contributed by atoms with Gasteiger partial charge in [0.15, 0.2) is 5.78 Å². The molecule has 8 heteroatoms. The van der Waals surface area contributed by atoms with Gasteiger partial charge in [-0.25, -0.2) is 0 Å². The van der Waals surface area contributed by atoms with E-state index in [1.165, 1.54) is 5.57 Å². The topological polar surface area (TPSA) is 126 Å². The Labute approximate surface area is 317 Å². The largest absolute Gasteiger partial charge is 0.481 e. The Hall–Kier alpha value is -2.58. The summed E-state index contributed by atoms with van der Waals surface area (Å²) in [6, 6.07) is 6.06. The van der Waals surface area contributed by atoms with Gasteiger partial charge in [-0.2, -0.15) is 0 Å². The summed E-state index contributed by atoms with van der Waals surface area (Å²) >= 11 is 0. The van der Waals surface area contributed by atoms with Crippen LogP contribution in [0.4, 0.5) is 0 Å². The number of esters is 1. The van der Waals surface area contributed by atoms with E-state index in [1.807, 2.05) is 18.3 Å². The number of carbonyl (C=O) groups excluding carboxylic acids is 2. The normalized spacial score (nSPS) is 39.0. The van der Waals surface area contributed by atoms with Gasteiger partial charge in [0.05, 0.1) is 29.2 Å². The van der Waals surface area contributed by atoms with Crippen LogP contribution in [-0.2, 0) is 24.7 Å². The van der Waals surface area contributed by atoms with Crippen LogP contribution in [0.3, 0.4) is 0 Å². The van der Waals surface area contributed by atoms with Gasteiger partial charge in [0, 0.05) is 30.0 Å². The highest BCUT2D eigenvalue weighted by molar-refractivity contribution is 6.00. The quantitative estimate of drug-likeness (QED) is 0.205. The Kier molecular flexibility index (Phi) is 9.29. The first-order valence-corrected chi connectivity index (χ1v) is 20.7. The summed E-state index contributed by atoms with van der Waals surface area (Å²) in [5.74, 6) is 0.0684. The summed E-state index contributed by atoms with van der Waals surface area (Å²) in [6.45, 7) is 20.1. The van der Waals surface area contributed by atoms with E-state index in [0.717, 1.165) is 75.5 Å². The number of allylic oxidation sites excluding steroid dienone is 1. The molecule has 8 nitrogen and oxygen atoms in total. The number of carboxylic acid groups (broad SMARTS) is 1. The number of aliphatic hydroxyl groups excluding tert-OH is 1. The molecule has 1 aromatic rings. The maximum atomic E-state index is 14.1. The first-order valence-electron chi connectivity index (χ1n) is 20.7. The average molecular weight is 731 g/mol. The Bertz CT molecular complexity index is 1680. The summed E-state index contributed by atoms with van der Waals surface area (Å²) in [4.78, 5) is 43.7. The molecule has 1 aromatic heterocycles. The Morgan fingerprint density at radius 2 is 1.66 bits per heavy atom. The highest BCUT2D eigenvalue weighted by Gasteiger charge is 2.71. The monoisotopic (exact) mass is 730 g/mol. The first kappa shape index (κ1) is 38.7. The molecule has 0 bridgehead atoms. The molecule has 1 heterocycles. The number of hydrogen-bond acceptors (Lipinski definition) is 7. The average Bonchev–Trinajstić information content (AvgIpc) is 3.81. The minimum atomic E-state index is -1.16. The second-order valence-corrected chi connectivity index (χ2v) is 20.8. The van der Waals surface area contributed by atoms with Gasteiger partial charge >= 0.3 is 11.9 Å². The van der Waals surface area contributed by atoms with Crippen LogP contribution in [0.1, 0.15) is 145 Å². The number of aliphatic hydroxyl groups is 1. The smallest absolute Gasteiger partial charge is 0.309 e. The molecule has 9 atom stereocenters. The van der Waals surface area contributed by atoms with E-state index in [-0.39, 0.29) is 57.3 Å². The molecule has 0 radical (unpaired) electrons. The summed E-state index contributed by atoms with van der Waals surface area (Å²) in [5, 5.41) is 25.7. The van der Waals surface area contributed by atoms with Crippen molar-refractivity contribution in [3.63, 3.8) is 0 Å². The molecular formula is C45H66N2O6. The van der Waals surface area contributed by atoms with Crippen molar-refractivity contribution >= 4 is 17.7 Å². The van der Waals surface area contributed by atoms with Crippen molar-refractivity contribution < 1.29 is 29.3 Å². The fourth-order valence-electron chi connectivity index (χ4n) is 13.7. The van der Waals surface area contributed by atoms with E-state index in [0.29, 0.717) is 24.8 Å². The molecule has 292 valence electrons. The minimum Gasteiger partial charge on any atom is -0.481 e. The lowest BCUT2D eigenvalue weighted by atomic mass is 9.33. The maximum Gasteiger partial charge on any atom is 0.309 e. The van der Waals surface area contributed by atoms with E-state index in [4.69, 9.17) is 4.74 Å². The van der Waals surface area contributed by atoms with Gasteiger partial charge in [0.1, 0.15) is 6.10 Å². The number of aliphatic carboxylic acids is 1. The molecular weight excluding hydrogens is 665 g/mol. The van der Waals surface area contributed by atoms with E-state index < -0.39 is 28.9 Å². The number of carboxylic acids is 1. The first-order chi connectivity index (χ1) is 24.7. The molecule has 0 spiro atoms. The summed E-state index contributed by atoms with van der Waals surface area (Å²) in [6.07, 6.45) is 11.1. The molecule has 0 unspecified atom stereocenters. The van der Waals surface area contributed by atoms with Crippen molar-refractivity contribution in [1.82, 2.24) is 10.3 Å². The van der Waals surface area contributed by atoms with Crippen LogP contribution in [-0.4, -0.2) is 51.7 Å². The molecule has 6 aliphatic carbocycles. The van der Waals surface area contributed by atoms with Gasteiger partial charge in [-0.3, -0.25) is 19.4 Å². The zero-order valence-corrected chi connectivity index (χ0v) is 33.9. The van der Waals surface area contributed by atoms with Crippen LogP contribution in [0.25, 0.3) is 0 Å². The highest BCUT2D eigenvalue weighted by atomic mass is 16.5. The fourth-order valence-corrected chi connectivity index (χ4v) is 13.7. The number of rotatable bonds is 10. The van der Waals surface area contributed by atoms with Gasteiger partial charge in [-0.1, -0.05) is 60.1 Å². The van der Waals surface area contributed by atoms with Crippen LogP contribution in [0.2, 0.25) is 0 Å². The number of Topliss-reactive ketones (excluding diaryl/α,β-unsaturated/α-hetero) is 1. The third kappa shape index (κ3) is 5.72. The molecule has 6 aliphatic rings. The number of aromatic nitrogens is 1. The van der Waals surface area contributed by atoms with Crippen molar-refractivity contribution in [2.45, 2.75) is 157 Å². The predicted molar refractivity (Wildman–Crippen MR) is 205 cm³/mol. The molecule has 0 aromatic carbocycles. The van der Waals surface area contributed by atoms with Gasteiger partial charge in [-0.05, 0) is 136 Å². The van der Waals surface area contributed by atoms with Crippen molar-refractivity contribution in [2.24, 2.45) is 56.2 Å². The van der Waals surface area contributed by atoms with Gasteiger partial charge in [-0.15, -0.1) is 0 Å². The van der Waals surface area contributed by atoms with Crippen LogP contribution in [0.15, 0.2) is 35.5 Å². The van der Waals surface area contributed by atoms with Crippen molar-refractivity contribution in [2.75, 3.05) is 6.54 Å². The second kappa shape index (κ2) is 12.7. The van der Waals surface area contributed by atoms with E-state index in [2.05, 4.69) is 64.8 Å². The lowest BCUT2D eigenvalue weighted by Gasteiger charge is -2.72. The SMILES string of the molecule is CC(C)C1=C2[C@H]3CC[C@@H]4[C@@]5(C)CC[C@H](OC(=O)CC(C)(C)C(=O)O)C(C)(C)[C@@H]5CC[C@@]4(C)[C@]3(C)CC[C@@]2([C@@H](O)CNC2(c3ccccn3)CC2)CC1=O. The van der Waals surface area contributed by atoms with E-state index >= 15 is 0 Å². The lowest BCUT2D eigenvalue weighted by Crippen LogP contribution is -2.66. The minimum absolute atomic E-state index is 0.0117. The number of pyridine rings is 1. The molecule has 0 saturated heterocycles. The number of hydrogen-bond donors (Lipinski definition) is 3. The lowest BCUT2D eigenvalue weighted by molar-refractivity contribution is -0.235. The van der Waals surface area contributed by atoms with Crippen molar-refractivity contribution in [3.8, 4) is 0 Å². The molecule has 5 saturated carbocycles. The summed E-state index contributed by atoms with van der Waals surface area (Å²) in [7, 11) is 0. The molecule has 5 fully saturated rings. The summed E-state index contributed by atoms with van der Waals surface area (Å²) in [5.41, 5.74) is 1.33. The van der Waals surface area contributed by atoms with Crippen LogP contribution < -0.4 is 5.32 Å². The predicted octanol–water partition coefficient (Wildman–Crippen LogP) is 8.41. The van der Waals surface area contributed by atoms with Crippen molar-refractivity contribution in [1.29, 1.82) is 0 Å². The molecule has 0 amide bonds. The maximum absolute atomic E-state index is 14.1. The van der Waals surface area contributed by atoms with Crippen LogP contribution in [0, 0.1) is 56.2 Å². The van der Waals surface area contributed by atoms with Gasteiger partial charge in [0.2, 0.25) is 0 Å². The molecule has 0 aliphatic heterocycles. The Morgan fingerprint density at radius 1 is 0.943 bits per heavy atom. The highest BCUT2D eigenvalue weighted by Crippen LogP contribution is 2.77. The third-order valence-corrected chi connectivity index (χ3v) is 17.0. The van der Waals surface area contributed by atoms with Crippen molar-refractivity contribution in [3.05, 3.63) is 41.2 Å². The Morgan fingerprint density at radius 3 is 2.28 bits per heavy atom. The zero-order chi connectivity index (χ0) is 38.6. The molecule has 53 heavy (non-hydrogen) atoms. The molecule has 7 rings (SSSR count).